The van der Waals surface area contributed by atoms with Crippen LogP contribution in [0.4, 0.5) is 0 Å². The molecule has 0 aliphatic carbocycles. The number of phenols is 1. The van der Waals surface area contributed by atoms with Crippen molar-refractivity contribution in [2.45, 2.75) is 13.3 Å². The number of halogens is 1. The first-order valence-corrected chi connectivity index (χ1v) is 4.74. The molecule has 0 spiro atoms. The fourth-order valence-corrected chi connectivity index (χ4v) is 1.40. The maximum atomic E-state index is 11.2. The summed E-state index contributed by atoms with van der Waals surface area (Å²) in [6.07, 6.45) is 0.501. The number of ketones is 1. The zero-order valence-corrected chi connectivity index (χ0v) is 8.83. The van der Waals surface area contributed by atoms with Crippen LogP contribution >= 0.6 is 22.6 Å². The number of Topliss-reactive ketones (excluding diaryl/α,β-unsaturated/α-hetero) is 1. The quantitative estimate of drug-likeness (QED) is 0.666. The lowest BCUT2D eigenvalue weighted by molar-refractivity contribution is 0.0988. The van der Waals surface area contributed by atoms with Crippen LogP contribution in [0, 0.1) is 3.57 Å². The number of hydrogen-bond donors (Lipinski definition) is 1. The first-order chi connectivity index (χ1) is 5.65. The molecule has 0 saturated heterocycles. The van der Waals surface area contributed by atoms with Gasteiger partial charge in [0.05, 0.1) is 3.57 Å². The predicted molar refractivity (Wildman–Crippen MR) is 55.4 cm³/mol. The van der Waals surface area contributed by atoms with Crippen molar-refractivity contribution in [3.8, 4) is 5.75 Å². The smallest absolute Gasteiger partial charge is 0.162 e. The maximum absolute atomic E-state index is 11.2. The molecule has 0 aliphatic heterocycles. The summed E-state index contributed by atoms with van der Waals surface area (Å²) in [5.74, 6) is 0.330. The summed E-state index contributed by atoms with van der Waals surface area (Å²) >= 11 is 2.00. The van der Waals surface area contributed by atoms with E-state index in [1.807, 2.05) is 29.5 Å². The monoisotopic (exact) mass is 276 g/mol. The predicted octanol–water partition coefficient (Wildman–Crippen LogP) is 2.59. The molecule has 0 fully saturated rings. The van der Waals surface area contributed by atoms with Crippen LogP contribution in [-0.2, 0) is 0 Å². The van der Waals surface area contributed by atoms with Crippen molar-refractivity contribution in [2.24, 2.45) is 0 Å². The van der Waals surface area contributed by atoms with Gasteiger partial charge in [-0.25, -0.2) is 0 Å². The van der Waals surface area contributed by atoms with Crippen molar-refractivity contribution in [1.82, 2.24) is 0 Å². The summed E-state index contributed by atoms with van der Waals surface area (Å²) in [4.78, 5) is 11.2. The largest absolute Gasteiger partial charge is 0.507 e. The summed E-state index contributed by atoms with van der Waals surface area (Å²) in [7, 11) is 0. The van der Waals surface area contributed by atoms with Crippen LogP contribution in [0.5, 0.6) is 5.75 Å². The Morgan fingerprint density at radius 2 is 2.25 bits per heavy atom. The third-order valence-corrected chi connectivity index (χ3v) is 2.45. The van der Waals surface area contributed by atoms with Gasteiger partial charge in [-0.1, -0.05) is 6.92 Å². The fraction of sp³-hybridized carbons (Fsp3) is 0.222. The van der Waals surface area contributed by atoms with E-state index in [-0.39, 0.29) is 11.5 Å². The molecule has 0 unspecified atom stereocenters. The van der Waals surface area contributed by atoms with Crippen molar-refractivity contribution >= 4 is 28.4 Å². The number of carbonyl (C=O) groups is 1. The average molecular weight is 276 g/mol. The van der Waals surface area contributed by atoms with Gasteiger partial charge in [0.1, 0.15) is 5.75 Å². The van der Waals surface area contributed by atoms with Crippen LogP contribution in [0.25, 0.3) is 0 Å². The zero-order valence-electron chi connectivity index (χ0n) is 6.67. The Kier molecular flexibility index (Phi) is 3.08. The molecule has 1 aromatic rings. The fourth-order valence-electron chi connectivity index (χ4n) is 0.884. The maximum Gasteiger partial charge on any atom is 0.162 e. The Morgan fingerprint density at radius 3 is 2.75 bits per heavy atom. The van der Waals surface area contributed by atoms with E-state index in [9.17, 15) is 9.90 Å². The van der Waals surface area contributed by atoms with E-state index in [1.165, 1.54) is 0 Å². The summed E-state index contributed by atoms with van der Waals surface area (Å²) in [6.45, 7) is 1.82. The van der Waals surface area contributed by atoms with Crippen LogP contribution in [0.2, 0.25) is 0 Å². The molecule has 3 heteroatoms. The molecule has 0 amide bonds. The van der Waals surface area contributed by atoms with E-state index < -0.39 is 0 Å². The molecular formula is C9H9IO2. The number of aromatic hydroxyl groups is 1. The minimum Gasteiger partial charge on any atom is -0.507 e. The van der Waals surface area contributed by atoms with E-state index in [0.717, 1.165) is 0 Å². The lowest BCUT2D eigenvalue weighted by Gasteiger charge is -2.00. The van der Waals surface area contributed by atoms with E-state index in [2.05, 4.69) is 0 Å². The van der Waals surface area contributed by atoms with Crippen LogP contribution in [0.1, 0.15) is 23.7 Å². The number of carbonyl (C=O) groups excluding carboxylic acids is 1. The number of benzene rings is 1. The average Bonchev–Trinajstić information content (AvgIpc) is 2.08. The van der Waals surface area contributed by atoms with Crippen LogP contribution in [0.3, 0.4) is 0 Å². The van der Waals surface area contributed by atoms with Gasteiger partial charge in [0.25, 0.3) is 0 Å². The lowest BCUT2D eigenvalue weighted by atomic mass is 10.1. The molecule has 0 bridgehead atoms. The first-order valence-electron chi connectivity index (χ1n) is 3.67. The zero-order chi connectivity index (χ0) is 9.14. The summed E-state index contributed by atoms with van der Waals surface area (Å²) < 4.78 is 0.715. The van der Waals surface area contributed by atoms with Gasteiger partial charge in [-0.2, -0.15) is 0 Å². The van der Waals surface area contributed by atoms with Gasteiger partial charge in [0.2, 0.25) is 0 Å². The van der Waals surface area contributed by atoms with Crippen LogP contribution < -0.4 is 0 Å². The molecule has 64 valence electrons. The van der Waals surface area contributed by atoms with Gasteiger partial charge in [-0.05, 0) is 40.8 Å². The Balaban J connectivity index is 3.05. The van der Waals surface area contributed by atoms with E-state index in [0.29, 0.717) is 15.6 Å². The molecule has 2 nitrogen and oxygen atoms in total. The van der Waals surface area contributed by atoms with Crippen molar-refractivity contribution in [3.63, 3.8) is 0 Å². The van der Waals surface area contributed by atoms with Gasteiger partial charge < -0.3 is 5.11 Å². The second-order valence-corrected chi connectivity index (χ2v) is 3.61. The number of phenolic OH excluding ortho intramolecular Hbond substituents is 1. The Bertz CT molecular complexity index is 307. The second-order valence-electron chi connectivity index (χ2n) is 2.44. The standard InChI is InChI=1S/C9H9IO2/c1-2-8(11)6-3-4-9(12)7(10)5-6/h3-5,12H,2H2,1H3. The molecule has 0 atom stereocenters. The molecule has 12 heavy (non-hydrogen) atoms. The minimum atomic E-state index is 0.105. The van der Waals surface area contributed by atoms with E-state index in [1.54, 1.807) is 18.2 Å². The van der Waals surface area contributed by atoms with Gasteiger partial charge in [-0.15, -0.1) is 0 Å². The highest BCUT2D eigenvalue weighted by molar-refractivity contribution is 14.1. The van der Waals surface area contributed by atoms with Gasteiger partial charge in [0.15, 0.2) is 5.78 Å². The highest BCUT2D eigenvalue weighted by atomic mass is 127. The number of rotatable bonds is 2. The van der Waals surface area contributed by atoms with Crippen molar-refractivity contribution in [3.05, 3.63) is 27.3 Å². The first kappa shape index (κ1) is 9.51. The summed E-state index contributed by atoms with van der Waals surface area (Å²) in [5, 5.41) is 9.18. The molecule has 0 radical (unpaired) electrons. The highest BCUT2D eigenvalue weighted by Crippen LogP contribution is 2.20. The molecule has 1 N–H and O–H groups in total. The topological polar surface area (TPSA) is 37.3 Å². The minimum absolute atomic E-state index is 0.105. The SMILES string of the molecule is CCC(=O)c1ccc(O)c(I)c1. The van der Waals surface area contributed by atoms with Gasteiger partial charge >= 0.3 is 0 Å². The molecule has 1 rings (SSSR count). The molecular weight excluding hydrogens is 267 g/mol. The normalized spacial score (nSPS) is 9.83. The molecule has 1 aromatic carbocycles. The summed E-state index contributed by atoms with van der Waals surface area (Å²) in [6, 6.07) is 4.88. The Hall–Kier alpha value is -0.580. The number of hydrogen-bond acceptors (Lipinski definition) is 2. The molecule has 0 heterocycles. The van der Waals surface area contributed by atoms with Crippen LogP contribution in [-0.4, -0.2) is 10.9 Å². The summed E-state index contributed by atoms with van der Waals surface area (Å²) in [5.41, 5.74) is 0.666. The van der Waals surface area contributed by atoms with E-state index >= 15 is 0 Å². The molecule has 0 aromatic heterocycles. The van der Waals surface area contributed by atoms with Crippen LogP contribution in [0.15, 0.2) is 18.2 Å². The van der Waals surface area contributed by atoms with Crippen molar-refractivity contribution < 1.29 is 9.90 Å². The van der Waals surface area contributed by atoms with E-state index in [4.69, 9.17) is 0 Å². The Labute approximate surface area is 84.7 Å². The molecule has 0 saturated carbocycles. The van der Waals surface area contributed by atoms with Gasteiger partial charge in [0, 0.05) is 12.0 Å². The van der Waals surface area contributed by atoms with Crippen molar-refractivity contribution in [2.75, 3.05) is 0 Å². The lowest BCUT2D eigenvalue weighted by Crippen LogP contribution is -1.96. The highest BCUT2D eigenvalue weighted by Gasteiger charge is 2.04. The third kappa shape index (κ3) is 1.97. The third-order valence-electron chi connectivity index (χ3n) is 1.59. The second kappa shape index (κ2) is 3.89. The van der Waals surface area contributed by atoms with Crippen molar-refractivity contribution in [1.29, 1.82) is 0 Å². The Morgan fingerprint density at radius 1 is 1.58 bits per heavy atom. The van der Waals surface area contributed by atoms with Gasteiger partial charge in [-0.3, -0.25) is 4.79 Å². The molecule has 0 aliphatic rings.